The third-order valence-electron chi connectivity index (χ3n) is 3.34. The van der Waals surface area contributed by atoms with E-state index in [-0.39, 0.29) is 5.91 Å². The highest BCUT2D eigenvalue weighted by Gasteiger charge is 2.21. The summed E-state index contributed by atoms with van der Waals surface area (Å²) in [5.74, 6) is 1.96. The molecule has 0 aliphatic carbocycles. The molecule has 106 valence electrons. The summed E-state index contributed by atoms with van der Waals surface area (Å²) in [4.78, 5) is 16.5. The smallest absolute Gasteiger partial charge is 0.230 e. The second-order valence-electron chi connectivity index (χ2n) is 4.83. The lowest BCUT2D eigenvalue weighted by Gasteiger charge is -2.34. The molecule has 0 unspecified atom stereocenters. The molecule has 2 heterocycles. The van der Waals surface area contributed by atoms with Crippen LogP contribution in [-0.4, -0.2) is 65.6 Å². The van der Waals surface area contributed by atoms with E-state index in [4.69, 9.17) is 4.52 Å². The van der Waals surface area contributed by atoms with Crippen LogP contribution in [0.2, 0.25) is 0 Å². The van der Waals surface area contributed by atoms with Gasteiger partial charge in [-0.2, -0.15) is 11.8 Å². The van der Waals surface area contributed by atoms with Crippen LogP contribution < -0.4 is 0 Å². The van der Waals surface area contributed by atoms with Gasteiger partial charge < -0.3 is 9.42 Å². The number of amides is 1. The van der Waals surface area contributed by atoms with E-state index in [2.05, 4.69) is 16.3 Å². The van der Waals surface area contributed by atoms with Gasteiger partial charge in [0.05, 0.1) is 12.1 Å². The van der Waals surface area contributed by atoms with Crippen LogP contribution in [0.25, 0.3) is 0 Å². The van der Waals surface area contributed by atoms with Crippen molar-refractivity contribution in [1.29, 1.82) is 0 Å². The summed E-state index contributed by atoms with van der Waals surface area (Å²) < 4.78 is 5.09. The van der Waals surface area contributed by atoms with Crippen molar-refractivity contribution >= 4 is 17.7 Å². The van der Waals surface area contributed by atoms with E-state index in [1.807, 2.05) is 29.7 Å². The van der Waals surface area contributed by atoms with Crippen LogP contribution in [0, 0.1) is 6.92 Å². The van der Waals surface area contributed by atoms with E-state index in [9.17, 15) is 4.79 Å². The lowest BCUT2D eigenvalue weighted by molar-refractivity contribution is -0.132. The summed E-state index contributed by atoms with van der Waals surface area (Å²) in [7, 11) is 0. The predicted molar refractivity (Wildman–Crippen MR) is 76.3 cm³/mol. The van der Waals surface area contributed by atoms with Gasteiger partial charge in [0.25, 0.3) is 0 Å². The van der Waals surface area contributed by atoms with Crippen LogP contribution in [0.3, 0.4) is 0 Å². The number of hydrogen-bond donors (Lipinski definition) is 0. The first kappa shape index (κ1) is 14.4. The standard InChI is InChI=1S/C13H21N3O2S/c1-11-9-12(18-14-11)10-13(17)16-5-3-15(4-6-16)7-8-19-2/h9H,3-8,10H2,1-2H3. The first-order valence-electron chi connectivity index (χ1n) is 6.60. The van der Waals surface area contributed by atoms with E-state index in [0.29, 0.717) is 12.2 Å². The SMILES string of the molecule is CSCCN1CCN(C(=O)Cc2cc(C)no2)CC1. The van der Waals surface area contributed by atoms with E-state index < -0.39 is 0 Å². The van der Waals surface area contributed by atoms with Gasteiger partial charge in [0.15, 0.2) is 0 Å². The van der Waals surface area contributed by atoms with Crippen molar-refractivity contribution in [3.63, 3.8) is 0 Å². The van der Waals surface area contributed by atoms with Crippen molar-refractivity contribution < 1.29 is 9.32 Å². The van der Waals surface area contributed by atoms with Crippen molar-refractivity contribution in [3.8, 4) is 0 Å². The van der Waals surface area contributed by atoms with Gasteiger partial charge in [0.2, 0.25) is 5.91 Å². The number of carbonyl (C=O) groups is 1. The van der Waals surface area contributed by atoms with Crippen molar-refractivity contribution in [1.82, 2.24) is 15.0 Å². The predicted octanol–water partition coefficient (Wildman–Crippen LogP) is 1.03. The maximum absolute atomic E-state index is 12.1. The Labute approximate surface area is 118 Å². The van der Waals surface area contributed by atoms with Crippen LogP contribution in [0.15, 0.2) is 10.6 Å². The fourth-order valence-corrected chi connectivity index (χ4v) is 2.64. The zero-order valence-electron chi connectivity index (χ0n) is 11.6. The molecule has 1 aliphatic heterocycles. The molecule has 1 aromatic rings. The van der Waals surface area contributed by atoms with Crippen LogP contribution >= 0.6 is 11.8 Å². The number of thioether (sulfide) groups is 1. The van der Waals surface area contributed by atoms with Crippen LogP contribution in [0.4, 0.5) is 0 Å². The molecule has 19 heavy (non-hydrogen) atoms. The summed E-state index contributed by atoms with van der Waals surface area (Å²) >= 11 is 1.86. The highest BCUT2D eigenvalue weighted by molar-refractivity contribution is 7.98. The van der Waals surface area contributed by atoms with E-state index in [1.165, 1.54) is 0 Å². The molecule has 1 amide bonds. The fraction of sp³-hybridized carbons (Fsp3) is 0.692. The Balaban J connectivity index is 1.76. The van der Waals surface area contributed by atoms with Gasteiger partial charge in [0, 0.05) is 44.5 Å². The summed E-state index contributed by atoms with van der Waals surface area (Å²) in [6.07, 6.45) is 2.45. The Bertz CT molecular complexity index is 414. The Morgan fingerprint density at radius 3 is 2.74 bits per heavy atom. The Hall–Kier alpha value is -1.01. The van der Waals surface area contributed by atoms with Crippen molar-refractivity contribution in [2.75, 3.05) is 44.7 Å². The molecule has 1 aromatic heterocycles. The van der Waals surface area contributed by atoms with Crippen molar-refractivity contribution in [2.24, 2.45) is 0 Å². The normalized spacial score (nSPS) is 16.8. The van der Waals surface area contributed by atoms with Crippen molar-refractivity contribution in [3.05, 3.63) is 17.5 Å². The van der Waals surface area contributed by atoms with Gasteiger partial charge in [-0.15, -0.1) is 0 Å². The average Bonchev–Trinajstić information content (AvgIpc) is 2.82. The van der Waals surface area contributed by atoms with Gasteiger partial charge in [-0.05, 0) is 13.2 Å². The third-order valence-corrected chi connectivity index (χ3v) is 3.93. The van der Waals surface area contributed by atoms with Gasteiger partial charge in [-0.3, -0.25) is 9.69 Å². The monoisotopic (exact) mass is 283 g/mol. The number of nitrogens with zero attached hydrogens (tertiary/aromatic N) is 3. The Kier molecular flexibility index (Phi) is 5.27. The van der Waals surface area contributed by atoms with Crippen LogP contribution in [0.5, 0.6) is 0 Å². The first-order valence-corrected chi connectivity index (χ1v) is 7.99. The minimum Gasteiger partial charge on any atom is -0.361 e. The number of rotatable bonds is 5. The maximum Gasteiger partial charge on any atom is 0.230 e. The molecule has 0 spiro atoms. The van der Waals surface area contributed by atoms with Gasteiger partial charge in [-0.25, -0.2) is 0 Å². The first-order chi connectivity index (χ1) is 9.19. The highest BCUT2D eigenvalue weighted by Crippen LogP contribution is 2.08. The number of piperazine rings is 1. The topological polar surface area (TPSA) is 49.6 Å². The molecule has 0 radical (unpaired) electrons. The van der Waals surface area contributed by atoms with Crippen LogP contribution in [-0.2, 0) is 11.2 Å². The summed E-state index contributed by atoms with van der Waals surface area (Å²) in [6.45, 7) is 6.57. The molecule has 1 aliphatic rings. The van der Waals surface area contributed by atoms with Crippen LogP contribution in [0.1, 0.15) is 11.5 Å². The van der Waals surface area contributed by atoms with E-state index in [1.54, 1.807) is 0 Å². The van der Waals surface area contributed by atoms with E-state index in [0.717, 1.165) is 44.2 Å². The molecule has 1 fully saturated rings. The minimum absolute atomic E-state index is 0.140. The lowest BCUT2D eigenvalue weighted by atomic mass is 10.2. The molecule has 0 N–H and O–H groups in total. The minimum atomic E-state index is 0.140. The molecule has 0 aromatic carbocycles. The summed E-state index contributed by atoms with van der Waals surface area (Å²) in [5.41, 5.74) is 0.824. The molecule has 2 rings (SSSR count). The summed E-state index contributed by atoms with van der Waals surface area (Å²) in [6, 6.07) is 1.83. The second-order valence-corrected chi connectivity index (χ2v) is 5.81. The lowest BCUT2D eigenvalue weighted by Crippen LogP contribution is -2.49. The molecule has 5 nitrogen and oxygen atoms in total. The largest absolute Gasteiger partial charge is 0.361 e. The Morgan fingerprint density at radius 2 is 2.16 bits per heavy atom. The fourth-order valence-electron chi connectivity index (χ4n) is 2.20. The van der Waals surface area contributed by atoms with Crippen molar-refractivity contribution in [2.45, 2.75) is 13.3 Å². The molecular formula is C13H21N3O2S. The number of hydrogen-bond acceptors (Lipinski definition) is 5. The number of aryl methyl sites for hydroxylation is 1. The van der Waals surface area contributed by atoms with Gasteiger partial charge in [-0.1, -0.05) is 5.16 Å². The zero-order chi connectivity index (χ0) is 13.7. The number of carbonyl (C=O) groups excluding carboxylic acids is 1. The highest BCUT2D eigenvalue weighted by atomic mass is 32.2. The molecule has 0 saturated carbocycles. The van der Waals surface area contributed by atoms with Gasteiger partial charge in [0.1, 0.15) is 5.76 Å². The molecule has 1 saturated heterocycles. The quantitative estimate of drug-likeness (QED) is 0.808. The Morgan fingerprint density at radius 1 is 1.42 bits per heavy atom. The molecule has 0 atom stereocenters. The molecular weight excluding hydrogens is 262 g/mol. The zero-order valence-corrected chi connectivity index (χ0v) is 12.4. The second kappa shape index (κ2) is 6.96. The third kappa shape index (κ3) is 4.24. The average molecular weight is 283 g/mol. The maximum atomic E-state index is 12.1. The van der Waals surface area contributed by atoms with Gasteiger partial charge >= 0.3 is 0 Å². The van der Waals surface area contributed by atoms with E-state index >= 15 is 0 Å². The molecule has 0 bridgehead atoms. The number of aromatic nitrogens is 1. The summed E-state index contributed by atoms with van der Waals surface area (Å²) in [5, 5.41) is 3.80. The molecule has 6 heteroatoms.